The standard InChI is InChI=1S/C13H17F3N2O3/c14-13(15,16)11-7-9(4-5-12(11)18(20)21)17-6-2-1-3-10(17)8-19/h4-5,7,10,19-21H,1-3,6,8H2. The highest BCUT2D eigenvalue weighted by Crippen LogP contribution is 2.39. The molecule has 0 aliphatic carbocycles. The molecule has 0 bridgehead atoms. The normalized spacial score (nSPS) is 19.7. The molecule has 0 saturated carbocycles. The average Bonchev–Trinajstić information content (AvgIpc) is 2.45. The zero-order chi connectivity index (χ0) is 15.6. The Kier molecular flexibility index (Phi) is 4.60. The Labute approximate surface area is 119 Å². The quantitative estimate of drug-likeness (QED) is 0.749. The number of rotatable bonds is 3. The lowest BCUT2D eigenvalue weighted by atomic mass is 10.0. The maximum atomic E-state index is 13.0. The Balaban J connectivity index is 2.41. The summed E-state index contributed by atoms with van der Waals surface area (Å²) in [5.41, 5.74) is -1.55. The number of alkyl halides is 3. The molecule has 0 aromatic heterocycles. The summed E-state index contributed by atoms with van der Waals surface area (Å²) < 4.78 is 39.1. The van der Waals surface area contributed by atoms with Gasteiger partial charge in [0.1, 0.15) is 5.69 Å². The van der Waals surface area contributed by atoms with Crippen molar-refractivity contribution in [1.29, 1.82) is 0 Å². The summed E-state index contributed by atoms with van der Waals surface area (Å²) in [5, 5.41) is 26.6. The lowest BCUT2D eigenvalue weighted by Crippen LogP contribution is -2.42. The number of hydrogen-bond acceptors (Lipinski definition) is 5. The molecule has 0 spiro atoms. The van der Waals surface area contributed by atoms with E-state index in [0.717, 1.165) is 25.0 Å². The topological polar surface area (TPSA) is 67.2 Å². The molecule has 1 atom stereocenters. The number of aliphatic hydroxyl groups excluding tert-OH is 1. The van der Waals surface area contributed by atoms with E-state index < -0.39 is 22.7 Å². The van der Waals surface area contributed by atoms with Gasteiger partial charge in [-0.25, -0.2) is 0 Å². The summed E-state index contributed by atoms with van der Waals surface area (Å²) in [5.74, 6) is 0. The van der Waals surface area contributed by atoms with E-state index in [2.05, 4.69) is 0 Å². The highest BCUT2D eigenvalue weighted by Gasteiger charge is 2.36. The number of benzene rings is 1. The van der Waals surface area contributed by atoms with E-state index >= 15 is 0 Å². The zero-order valence-electron chi connectivity index (χ0n) is 11.2. The first-order valence-electron chi connectivity index (χ1n) is 6.61. The van der Waals surface area contributed by atoms with Gasteiger partial charge in [-0.1, -0.05) is 0 Å². The van der Waals surface area contributed by atoms with Crippen molar-refractivity contribution in [1.82, 2.24) is 0 Å². The fourth-order valence-electron chi connectivity index (χ4n) is 2.63. The number of anilines is 2. The number of piperidine rings is 1. The molecule has 5 nitrogen and oxygen atoms in total. The van der Waals surface area contributed by atoms with Crippen LogP contribution in [0.25, 0.3) is 0 Å². The Hall–Kier alpha value is -1.51. The molecule has 1 aliphatic rings. The van der Waals surface area contributed by atoms with Crippen molar-refractivity contribution in [3.05, 3.63) is 23.8 Å². The third-order valence-electron chi connectivity index (χ3n) is 3.67. The highest BCUT2D eigenvalue weighted by atomic mass is 19.4. The Morgan fingerprint density at radius 3 is 2.52 bits per heavy atom. The van der Waals surface area contributed by atoms with E-state index in [4.69, 9.17) is 10.4 Å². The van der Waals surface area contributed by atoms with Crippen LogP contribution in [0.4, 0.5) is 24.5 Å². The van der Waals surface area contributed by atoms with Crippen LogP contribution in [-0.2, 0) is 6.18 Å². The van der Waals surface area contributed by atoms with Gasteiger partial charge >= 0.3 is 6.18 Å². The molecule has 1 fully saturated rings. The Bertz CT molecular complexity index is 494. The fraction of sp³-hybridized carbons (Fsp3) is 0.538. The van der Waals surface area contributed by atoms with Gasteiger partial charge in [-0.05, 0) is 37.5 Å². The summed E-state index contributed by atoms with van der Waals surface area (Å²) in [6.45, 7) is 0.430. The fourth-order valence-corrected chi connectivity index (χ4v) is 2.63. The largest absolute Gasteiger partial charge is 0.418 e. The van der Waals surface area contributed by atoms with Crippen LogP contribution in [-0.4, -0.2) is 34.7 Å². The maximum Gasteiger partial charge on any atom is 0.418 e. The average molecular weight is 306 g/mol. The van der Waals surface area contributed by atoms with E-state index in [9.17, 15) is 18.3 Å². The van der Waals surface area contributed by atoms with Crippen LogP contribution in [0.15, 0.2) is 18.2 Å². The van der Waals surface area contributed by atoms with Crippen molar-refractivity contribution in [2.45, 2.75) is 31.5 Å². The molecule has 1 heterocycles. The third-order valence-corrected chi connectivity index (χ3v) is 3.67. The van der Waals surface area contributed by atoms with E-state index in [0.29, 0.717) is 18.7 Å². The van der Waals surface area contributed by atoms with Crippen LogP contribution in [0, 0.1) is 0 Å². The van der Waals surface area contributed by atoms with Gasteiger partial charge in [0.15, 0.2) is 0 Å². The van der Waals surface area contributed by atoms with E-state index in [1.807, 2.05) is 0 Å². The molecule has 8 heteroatoms. The first kappa shape index (κ1) is 15.9. The van der Waals surface area contributed by atoms with E-state index in [1.54, 1.807) is 4.90 Å². The predicted octanol–water partition coefficient (Wildman–Crippen LogP) is 2.64. The monoisotopic (exact) mass is 306 g/mol. The second-order valence-corrected chi connectivity index (χ2v) is 5.01. The van der Waals surface area contributed by atoms with E-state index in [-0.39, 0.29) is 12.6 Å². The van der Waals surface area contributed by atoms with Crippen molar-refractivity contribution in [3.8, 4) is 0 Å². The summed E-state index contributed by atoms with van der Waals surface area (Å²) in [4.78, 5) is 1.72. The van der Waals surface area contributed by atoms with E-state index in [1.165, 1.54) is 6.07 Å². The van der Waals surface area contributed by atoms with Gasteiger partial charge in [-0.3, -0.25) is 10.4 Å². The number of nitrogens with zero attached hydrogens (tertiary/aromatic N) is 2. The first-order chi connectivity index (χ1) is 9.84. The minimum Gasteiger partial charge on any atom is -0.394 e. The molecule has 21 heavy (non-hydrogen) atoms. The van der Waals surface area contributed by atoms with Gasteiger partial charge in [-0.2, -0.15) is 13.2 Å². The lowest BCUT2D eigenvalue weighted by molar-refractivity contribution is -0.138. The molecule has 0 radical (unpaired) electrons. The van der Waals surface area contributed by atoms with Crippen LogP contribution in [0.2, 0.25) is 0 Å². The molecule has 1 unspecified atom stereocenters. The minimum absolute atomic E-state index is 0.130. The SMILES string of the molecule is OCC1CCCCN1c1ccc(N(O)O)c(C(F)(F)F)c1. The molecular weight excluding hydrogens is 289 g/mol. The smallest absolute Gasteiger partial charge is 0.394 e. The Morgan fingerprint density at radius 1 is 1.24 bits per heavy atom. The molecule has 3 N–H and O–H groups in total. The van der Waals surface area contributed by atoms with Crippen LogP contribution in [0.5, 0.6) is 0 Å². The highest BCUT2D eigenvalue weighted by molar-refractivity contribution is 5.61. The van der Waals surface area contributed by atoms with Gasteiger partial charge < -0.3 is 10.0 Å². The Morgan fingerprint density at radius 2 is 1.95 bits per heavy atom. The third kappa shape index (κ3) is 3.39. The molecule has 0 amide bonds. The summed E-state index contributed by atoms with van der Waals surface area (Å²) in [6, 6.07) is 3.05. The van der Waals surface area contributed by atoms with Crippen LogP contribution < -0.4 is 10.1 Å². The molecule has 1 aromatic rings. The van der Waals surface area contributed by atoms with Crippen LogP contribution >= 0.6 is 0 Å². The van der Waals surface area contributed by atoms with Crippen LogP contribution in [0.1, 0.15) is 24.8 Å². The number of halogens is 3. The molecule has 2 rings (SSSR count). The predicted molar refractivity (Wildman–Crippen MR) is 69.6 cm³/mol. The molecule has 118 valence electrons. The summed E-state index contributed by atoms with van der Waals surface area (Å²) >= 11 is 0. The number of hydrogen-bond donors (Lipinski definition) is 3. The first-order valence-corrected chi connectivity index (χ1v) is 6.61. The molecule has 1 aromatic carbocycles. The lowest BCUT2D eigenvalue weighted by Gasteiger charge is -2.37. The van der Waals surface area contributed by atoms with Gasteiger partial charge in [-0.15, -0.1) is 5.23 Å². The minimum atomic E-state index is -4.71. The zero-order valence-corrected chi connectivity index (χ0v) is 11.2. The van der Waals surface area contributed by atoms with Crippen molar-refractivity contribution in [2.75, 3.05) is 23.3 Å². The van der Waals surface area contributed by atoms with Gasteiger partial charge in [0, 0.05) is 12.2 Å². The van der Waals surface area contributed by atoms with Gasteiger partial charge in [0.2, 0.25) is 0 Å². The van der Waals surface area contributed by atoms with Crippen molar-refractivity contribution in [2.24, 2.45) is 0 Å². The summed E-state index contributed by atoms with van der Waals surface area (Å²) in [7, 11) is 0. The second kappa shape index (κ2) is 6.08. The van der Waals surface area contributed by atoms with Gasteiger partial charge in [0.25, 0.3) is 0 Å². The van der Waals surface area contributed by atoms with Crippen LogP contribution in [0.3, 0.4) is 0 Å². The van der Waals surface area contributed by atoms with Crippen molar-refractivity contribution >= 4 is 11.4 Å². The van der Waals surface area contributed by atoms with Crippen molar-refractivity contribution < 1.29 is 28.7 Å². The van der Waals surface area contributed by atoms with Crippen molar-refractivity contribution in [3.63, 3.8) is 0 Å². The molecular formula is C13H17F3N2O3. The molecule has 1 saturated heterocycles. The molecule has 1 aliphatic heterocycles. The van der Waals surface area contributed by atoms with Gasteiger partial charge in [0.05, 0.1) is 18.2 Å². The number of aliphatic hydroxyl groups is 1. The maximum absolute atomic E-state index is 13.0. The second-order valence-electron chi connectivity index (χ2n) is 5.01. The summed E-state index contributed by atoms with van der Waals surface area (Å²) in [6.07, 6.45) is -2.23.